The third-order valence-corrected chi connectivity index (χ3v) is 1.32. The van der Waals surface area contributed by atoms with Crippen LogP contribution in [0.15, 0.2) is 12.1 Å². The third-order valence-electron chi connectivity index (χ3n) is 1.32. The van der Waals surface area contributed by atoms with Gasteiger partial charge in [-0.25, -0.2) is 4.98 Å². The van der Waals surface area contributed by atoms with Gasteiger partial charge in [0.25, 0.3) is 0 Å². The number of rotatable bonds is 0. The largest absolute Gasteiger partial charge is 0.225 e. The van der Waals surface area contributed by atoms with Gasteiger partial charge in [0.15, 0.2) is 0 Å². The number of aromatic nitrogens is 1. The number of pyridine rings is 1. The highest BCUT2D eigenvalue weighted by atomic mass is 19.1. The van der Waals surface area contributed by atoms with E-state index in [1.54, 1.807) is 13.0 Å². The molecule has 74 valence electrons. The van der Waals surface area contributed by atoms with Crippen molar-refractivity contribution in [3.05, 3.63) is 29.3 Å². The first-order chi connectivity index (χ1) is 5.93. The molecule has 0 amide bonds. The molecular weight excluding hydrogens is 165 g/mol. The maximum atomic E-state index is 12.2. The molecule has 0 aliphatic carbocycles. The molecule has 0 aliphatic rings. The molecule has 0 fully saturated rings. The summed E-state index contributed by atoms with van der Waals surface area (Å²) in [5.41, 5.74) is 1.78. The van der Waals surface area contributed by atoms with E-state index >= 15 is 0 Å². The molecule has 1 rings (SSSR count). The topological polar surface area (TPSA) is 12.9 Å². The van der Waals surface area contributed by atoms with Crippen LogP contribution in [-0.4, -0.2) is 4.98 Å². The molecule has 1 heterocycles. The number of aryl methyl sites for hydroxylation is 2. The maximum absolute atomic E-state index is 12.2. The van der Waals surface area contributed by atoms with Crippen LogP contribution in [0.1, 0.15) is 32.0 Å². The zero-order valence-corrected chi connectivity index (χ0v) is 9.06. The lowest BCUT2D eigenvalue weighted by molar-refractivity contribution is 0.579. The smallest absolute Gasteiger partial charge is 0.213 e. The summed E-state index contributed by atoms with van der Waals surface area (Å²) in [4.78, 5) is 3.61. The standard InChI is InChI=1S/C7H8FN.C4H10/c1-5-3-4-7(8)9-6(5)2;1-4(2)3/h3-4H,1-2H3;4H,1-3H3. The van der Waals surface area contributed by atoms with Crippen LogP contribution in [0.25, 0.3) is 0 Å². The maximum Gasteiger partial charge on any atom is 0.213 e. The molecule has 0 atom stereocenters. The zero-order valence-electron chi connectivity index (χ0n) is 9.06. The molecule has 13 heavy (non-hydrogen) atoms. The van der Waals surface area contributed by atoms with Crippen molar-refractivity contribution < 1.29 is 4.39 Å². The van der Waals surface area contributed by atoms with Crippen molar-refractivity contribution in [3.63, 3.8) is 0 Å². The van der Waals surface area contributed by atoms with Crippen molar-refractivity contribution in [1.82, 2.24) is 4.98 Å². The van der Waals surface area contributed by atoms with E-state index < -0.39 is 5.95 Å². The van der Waals surface area contributed by atoms with Gasteiger partial charge in [-0.05, 0) is 31.4 Å². The average molecular weight is 183 g/mol. The van der Waals surface area contributed by atoms with Crippen molar-refractivity contribution in [2.45, 2.75) is 34.6 Å². The summed E-state index contributed by atoms with van der Waals surface area (Å²) < 4.78 is 12.2. The van der Waals surface area contributed by atoms with Crippen molar-refractivity contribution in [2.24, 2.45) is 5.92 Å². The molecule has 0 saturated heterocycles. The quantitative estimate of drug-likeness (QED) is 0.561. The van der Waals surface area contributed by atoms with Gasteiger partial charge in [-0.1, -0.05) is 26.8 Å². The molecule has 0 aromatic carbocycles. The molecule has 0 N–H and O–H groups in total. The summed E-state index contributed by atoms with van der Waals surface area (Å²) in [6.45, 7) is 10.2. The van der Waals surface area contributed by atoms with Gasteiger partial charge in [-0.3, -0.25) is 0 Å². The van der Waals surface area contributed by atoms with Gasteiger partial charge in [0.1, 0.15) is 0 Å². The fraction of sp³-hybridized carbons (Fsp3) is 0.545. The molecule has 1 nitrogen and oxygen atoms in total. The summed E-state index contributed by atoms with van der Waals surface area (Å²) >= 11 is 0. The SMILES string of the molecule is CC(C)C.Cc1ccc(F)nc1C. The summed E-state index contributed by atoms with van der Waals surface area (Å²) in [5.74, 6) is 0.429. The Morgan fingerprint density at radius 1 is 1.15 bits per heavy atom. The van der Waals surface area contributed by atoms with Crippen molar-refractivity contribution >= 4 is 0 Å². The van der Waals surface area contributed by atoms with Crippen molar-refractivity contribution in [2.75, 3.05) is 0 Å². The van der Waals surface area contributed by atoms with Crippen LogP contribution in [0, 0.1) is 25.7 Å². The van der Waals surface area contributed by atoms with Gasteiger partial charge >= 0.3 is 0 Å². The lowest BCUT2D eigenvalue weighted by atomic mass is 10.2. The second kappa shape index (κ2) is 5.68. The molecule has 0 aliphatic heterocycles. The minimum atomic E-state index is -0.405. The lowest BCUT2D eigenvalue weighted by Crippen LogP contribution is -1.88. The average Bonchev–Trinajstić information content (AvgIpc) is 1.96. The number of nitrogens with zero attached hydrogens (tertiary/aromatic N) is 1. The van der Waals surface area contributed by atoms with E-state index in [4.69, 9.17) is 0 Å². The Bertz CT molecular complexity index is 254. The van der Waals surface area contributed by atoms with Crippen LogP contribution in [0.2, 0.25) is 0 Å². The molecule has 0 unspecified atom stereocenters. The molecular formula is C11H18FN. The Morgan fingerprint density at radius 3 is 1.92 bits per heavy atom. The van der Waals surface area contributed by atoms with Gasteiger partial charge in [-0.2, -0.15) is 4.39 Å². The predicted octanol–water partition coefficient (Wildman–Crippen LogP) is 3.50. The van der Waals surface area contributed by atoms with E-state index in [2.05, 4.69) is 25.8 Å². The first-order valence-corrected chi connectivity index (χ1v) is 4.53. The fourth-order valence-electron chi connectivity index (χ4n) is 0.600. The van der Waals surface area contributed by atoms with Gasteiger partial charge in [-0.15, -0.1) is 0 Å². The second-order valence-electron chi connectivity index (χ2n) is 3.77. The van der Waals surface area contributed by atoms with Crippen LogP contribution in [-0.2, 0) is 0 Å². The highest BCUT2D eigenvalue weighted by molar-refractivity contribution is 5.16. The summed E-state index contributed by atoms with van der Waals surface area (Å²) in [6.07, 6.45) is 0. The Kier molecular flexibility index (Phi) is 5.28. The first-order valence-electron chi connectivity index (χ1n) is 4.53. The minimum absolute atomic E-state index is 0.405. The second-order valence-corrected chi connectivity index (χ2v) is 3.77. The molecule has 0 spiro atoms. The van der Waals surface area contributed by atoms with Gasteiger partial charge in [0.05, 0.1) is 0 Å². The number of hydrogen-bond donors (Lipinski definition) is 0. The number of hydrogen-bond acceptors (Lipinski definition) is 1. The Hall–Kier alpha value is -0.920. The van der Waals surface area contributed by atoms with Gasteiger partial charge < -0.3 is 0 Å². The zero-order chi connectivity index (χ0) is 10.4. The van der Waals surface area contributed by atoms with Crippen LogP contribution in [0.5, 0.6) is 0 Å². The summed E-state index contributed by atoms with van der Waals surface area (Å²) in [5, 5.41) is 0. The van der Waals surface area contributed by atoms with Crippen LogP contribution >= 0.6 is 0 Å². The van der Waals surface area contributed by atoms with Gasteiger partial charge in [0, 0.05) is 5.69 Å². The van der Waals surface area contributed by atoms with Gasteiger partial charge in [0.2, 0.25) is 5.95 Å². The van der Waals surface area contributed by atoms with E-state index in [0.717, 1.165) is 17.2 Å². The first kappa shape index (κ1) is 12.1. The van der Waals surface area contributed by atoms with E-state index in [1.165, 1.54) is 6.07 Å². The van der Waals surface area contributed by atoms with Crippen LogP contribution < -0.4 is 0 Å². The number of halogens is 1. The summed E-state index contributed by atoms with van der Waals surface area (Å²) in [6, 6.07) is 3.08. The van der Waals surface area contributed by atoms with E-state index in [9.17, 15) is 4.39 Å². The minimum Gasteiger partial charge on any atom is -0.225 e. The lowest BCUT2D eigenvalue weighted by Gasteiger charge is -1.95. The Labute approximate surface area is 80.0 Å². The molecule has 1 aromatic rings. The normalized spacial score (nSPS) is 9.46. The monoisotopic (exact) mass is 183 g/mol. The highest BCUT2D eigenvalue weighted by Gasteiger charge is 1.93. The van der Waals surface area contributed by atoms with Crippen LogP contribution in [0.4, 0.5) is 4.39 Å². The van der Waals surface area contributed by atoms with Crippen LogP contribution in [0.3, 0.4) is 0 Å². The van der Waals surface area contributed by atoms with E-state index in [-0.39, 0.29) is 0 Å². The van der Waals surface area contributed by atoms with Crippen molar-refractivity contribution in [3.8, 4) is 0 Å². The fourth-order valence-corrected chi connectivity index (χ4v) is 0.600. The van der Waals surface area contributed by atoms with E-state index in [1.807, 2.05) is 6.92 Å². The molecule has 0 radical (unpaired) electrons. The molecule has 0 saturated carbocycles. The third kappa shape index (κ3) is 6.26. The molecule has 2 heteroatoms. The van der Waals surface area contributed by atoms with Crippen molar-refractivity contribution in [1.29, 1.82) is 0 Å². The summed E-state index contributed by atoms with van der Waals surface area (Å²) in [7, 11) is 0. The molecule has 0 bridgehead atoms. The Balaban J connectivity index is 0.000000310. The predicted molar refractivity (Wildman–Crippen MR) is 54.2 cm³/mol. The van der Waals surface area contributed by atoms with E-state index in [0.29, 0.717) is 0 Å². The Morgan fingerprint density at radius 2 is 1.62 bits per heavy atom. The highest BCUT2D eigenvalue weighted by Crippen LogP contribution is 2.02. The molecule has 1 aromatic heterocycles.